The van der Waals surface area contributed by atoms with Gasteiger partial charge in [-0.2, -0.15) is 0 Å². The largest absolute Gasteiger partial charge is 0.493 e. The van der Waals surface area contributed by atoms with Crippen molar-refractivity contribution >= 4 is 0 Å². The van der Waals surface area contributed by atoms with Crippen molar-refractivity contribution in [3.8, 4) is 5.75 Å². The van der Waals surface area contributed by atoms with Crippen molar-refractivity contribution in [3.63, 3.8) is 0 Å². The molecule has 21 heavy (non-hydrogen) atoms. The normalized spacial score (nSPS) is 33.3. The Hall–Kier alpha value is -1.10. The number of benzene rings is 1. The number of ether oxygens (including phenoxy) is 2. The molecular weight excluding hydrogens is 264 g/mol. The van der Waals surface area contributed by atoms with Crippen LogP contribution in [0, 0.1) is 11.8 Å². The Kier molecular flexibility index (Phi) is 4.20. The Bertz CT molecular complexity index is 506. The molecule has 5 atom stereocenters. The van der Waals surface area contributed by atoms with Crippen molar-refractivity contribution in [2.75, 3.05) is 6.61 Å². The van der Waals surface area contributed by atoms with E-state index in [1.807, 2.05) is 0 Å². The first-order valence-corrected chi connectivity index (χ1v) is 7.99. The predicted octanol–water partition coefficient (Wildman–Crippen LogP) is 2.58. The summed E-state index contributed by atoms with van der Waals surface area (Å²) in [5, 5.41) is 0. The van der Waals surface area contributed by atoms with Gasteiger partial charge in [-0.25, -0.2) is 0 Å². The van der Waals surface area contributed by atoms with Gasteiger partial charge in [0.15, 0.2) is 0 Å². The molecule has 2 heterocycles. The monoisotopic (exact) mass is 290 g/mol. The van der Waals surface area contributed by atoms with E-state index in [0.29, 0.717) is 11.8 Å². The zero-order valence-electron chi connectivity index (χ0n) is 13.1. The van der Waals surface area contributed by atoms with Crippen molar-refractivity contribution in [2.45, 2.75) is 51.9 Å². The average Bonchev–Trinajstić information content (AvgIpc) is 2.75. The summed E-state index contributed by atoms with van der Waals surface area (Å²) < 4.78 is 12.0. The van der Waals surface area contributed by atoms with Crippen molar-refractivity contribution < 1.29 is 9.47 Å². The molecule has 0 spiro atoms. The van der Waals surface area contributed by atoms with Crippen molar-refractivity contribution in [1.82, 2.24) is 5.43 Å². The third-order valence-electron chi connectivity index (χ3n) is 5.18. The van der Waals surface area contributed by atoms with Crippen molar-refractivity contribution in [1.29, 1.82) is 0 Å². The molecule has 2 aliphatic heterocycles. The molecule has 0 amide bonds. The Morgan fingerprint density at radius 3 is 2.71 bits per heavy atom. The first-order chi connectivity index (χ1) is 10.1. The molecule has 1 aromatic carbocycles. The van der Waals surface area contributed by atoms with Gasteiger partial charge in [-0.1, -0.05) is 25.1 Å². The van der Waals surface area contributed by atoms with E-state index in [4.69, 9.17) is 15.3 Å². The minimum Gasteiger partial charge on any atom is -0.493 e. The first kappa shape index (κ1) is 14.8. The molecular formula is C17H26N2O2. The van der Waals surface area contributed by atoms with Crippen LogP contribution >= 0.6 is 0 Å². The van der Waals surface area contributed by atoms with E-state index in [0.717, 1.165) is 25.2 Å². The second-order valence-corrected chi connectivity index (χ2v) is 6.41. The van der Waals surface area contributed by atoms with Crippen LogP contribution in [-0.4, -0.2) is 18.8 Å². The van der Waals surface area contributed by atoms with E-state index in [2.05, 4.69) is 44.4 Å². The molecule has 4 heteroatoms. The van der Waals surface area contributed by atoms with E-state index < -0.39 is 0 Å². The number of aryl methyl sites for hydroxylation is 1. The summed E-state index contributed by atoms with van der Waals surface area (Å²) in [5.74, 6) is 7.77. The van der Waals surface area contributed by atoms with E-state index in [9.17, 15) is 0 Å². The van der Waals surface area contributed by atoms with Crippen LogP contribution in [0.25, 0.3) is 0 Å². The molecule has 0 aliphatic carbocycles. The Morgan fingerprint density at radius 1 is 1.24 bits per heavy atom. The molecule has 3 N–H and O–H groups in total. The highest BCUT2D eigenvalue weighted by Gasteiger charge is 2.43. The summed E-state index contributed by atoms with van der Waals surface area (Å²) in [7, 11) is 0. The van der Waals surface area contributed by atoms with E-state index in [-0.39, 0.29) is 18.2 Å². The highest BCUT2D eigenvalue weighted by atomic mass is 16.5. The number of nitrogens with two attached hydrogens (primary N) is 1. The van der Waals surface area contributed by atoms with Crippen LogP contribution < -0.4 is 16.0 Å². The van der Waals surface area contributed by atoms with Gasteiger partial charge in [0.2, 0.25) is 0 Å². The molecule has 1 saturated heterocycles. The SMILES string of the molecule is CC1OC(C)C(C(NN)c2cccc3c2OCCC3)C1C. The summed E-state index contributed by atoms with van der Waals surface area (Å²) >= 11 is 0. The van der Waals surface area contributed by atoms with Gasteiger partial charge in [0.1, 0.15) is 5.75 Å². The zero-order chi connectivity index (χ0) is 15.0. The third-order valence-corrected chi connectivity index (χ3v) is 5.18. The minimum atomic E-state index is 0.0630. The van der Waals surface area contributed by atoms with Gasteiger partial charge in [-0.05, 0) is 38.2 Å². The van der Waals surface area contributed by atoms with Crippen LogP contribution in [-0.2, 0) is 11.2 Å². The molecule has 5 unspecified atom stereocenters. The highest BCUT2D eigenvalue weighted by Crippen LogP contribution is 2.43. The predicted molar refractivity (Wildman–Crippen MR) is 83.0 cm³/mol. The number of hydrogen-bond acceptors (Lipinski definition) is 4. The average molecular weight is 290 g/mol. The standard InChI is InChI=1S/C17H26N2O2/c1-10-11(2)21-12(3)15(10)16(19-18)14-8-4-6-13-7-5-9-20-17(13)14/h4,6,8,10-12,15-16,19H,5,7,9,18H2,1-3H3. The second-order valence-electron chi connectivity index (χ2n) is 6.41. The summed E-state index contributed by atoms with van der Waals surface area (Å²) in [4.78, 5) is 0. The number of hydrazine groups is 1. The molecule has 1 fully saturated rings. The lowest BCUT2D eigenvalue weighted by Crippen LogP contribution is -2.39. The molecule has 1 aromatic rings. The van der Waals surface area contributed by atoms with Gasteiger partial charge in [0.25, 0.3) is 0 Å². The molecule has 0 bridgehead atoms. The maximum absolute atomic E-state index is 6.00. The Labute approximate surface area is 127 Å². The minimum absolute atomic E-state index is 0.0630. The lowest BCUT2D eigenvalue weighted by atomic mass is 9.80. The summed E-state index contributed by atoms with van der Waals surface area (Å²) in [6.45, 7) is 7.33. The fourth-order valence-electron chi connectivity index (χ4n) is 3.94. The molecule has 0 radical (unpaired) electrons. The maximum Gasteiger partial charge on any atom is 0.127 e. The van der Waals surface area contributed by atoms with Gasteiger partial charge >= 0.3 is 0 Å². The number of fused-ring (bicyclic) bond motifs is 1. The topological polar surface area (TPSA) is 56.5 Å². The number of rotatable bonds is 3. The van der Waals surface area contributed by atoms with Crippen molar-refractivity contribution in [2.24, 2.45) is 17.7 Å². The van der Waals surface area contributed by atoms with Gasteiger partial charge < -0.3 is 9.47 Å². The van der Waals surface area contributed by atoms with Gasteiger partial charge in [0, 0.05) is 11.5 Å². The van der Waals surface area contributed by atoms with E-state index >= 15 is 0 Å². The van der Waals surface area contributed by atoms with Crippen LogP contribution in [0.5, 0.6) is 5.75 Å². The molecule has 116 valence electrons. The van der Waals surface area contributed by atoms with E-state index in [1.54, 1.807) is 0 Å². The van der Waals surface area contributed by atoms with E-state index in [1.165, 1.54) is 11.1 Å². The molecule has 4 nitrogen and oxygen atoms in total. The second kappa shape index (κ2) is 5.95. The number of para-hydroxylation sites is 1. The van der Waals surface area contributed by atoms with Crippen LogP contribution in [0.3, 0.4) is 0 Å². The fraction of sp³-hybridized carbons (Fsp3) is 0.647. The number of hydrogen-bond donors (Lipinski definition) is 2. The maximum atomic E-state index is 6.00. The number of nitrogens with one attached hydrogen (secondary N) is 1. The summed E-state index contributed by atoms with van der Waals surface area (Å²) in [5.41, 5.74) is 5.51. The summed E-state index contributed by atoms with van der Waals surface area (Å²) in [6, 6.07) is 6.47. The first-order valence-electron chi connectivity index (χ1n) is 7.99. The lowest BCUT2D eigenvalue weighted by Gasteiger charge is -2.31. The molecule has 0 saturated carbocycles. The quantitative estimate of drug-likeness (QED) is 0.663. The van der Waals surface area contributed by atoms with Crippen LogP contribution in [0.2, 0.25) is 0 Å². The molecule has 3 rings (SSSR count). The smallest absolute Gasteiger partial charge is 0.127 e. The fourth-order valence-corrected chi connectivity index (χ4v) is 3.94. The van der Waals surface area contributed by atoms with Gasteiger partial charge in [-0.15, -0.1) is 0 Å². The van der Waals surface area contributed by atoms with Crippen LogP contribution in [0.4, 0.5) is 0 Å². The Balaban J connectivity index is 1.97. The van der Waals surface area contributed by atoms with Gasteiger partial charge in [0.05, 0.1) is 24.9 Å². The summed E-state index contributed by atoms with van der Waals surface area (Å²) in [6.07, 6.45) is 2.63. The zero-order valence-corrected chi connectivity index (χ0v) is 13.1. The van der Waals surface area contributed by atoms with Crippen molar-refractivity contribution in [3.05, 3.63) is 29.3 Å². The van der Waals surface area contributed by atoms with Gasteiger partial charge in [-0.3, -0.25) is 11.3 Å². The van der Waals surface area contributed by atoms with Crippen LogP contribution in [0.1, 0.15) is 44.4 Å². The lowest BCUT2D eigenvalue weighted by molar-refractivity contribution is 0.0473. The highest BCUT2D eigenvalue weighted by molar-refractivity contribution is 5.45. The molecule has 0 aromatic heterocycles. The van der Waals surface area contributed by atoms with Crippen LogP contribution in [0.15, 0.2) is 18.2 Å². The third kappa shape index (κ3) is 2.56. The Morgan fingerprint density at radius 2 is 2.05 bits per heavy atom. The molecule has 2 aliphatic rings.